The van der Waals surface area contributed by atoms with E-state index in [2.05, 4.69) is 55.6 Å². The third-order valence-corrected chi connectivity index (χ3v) is 4.09. The van der Waals surface area contributed by atoms with Crippen LogP contribution in [0.1, 0.15) is 58.5 Å². The van der Waals surface area contributed by atoms with E-state index in [4.69, 9.17) is 5.73 Å². The van der Waals surface area contributed by atoms with Gasteiger partial charge in [0.1, 0.15) is 5.82 Å². The molecule has 2 N–H and O–H groups in total. The van der Waals surface area contributed by atoms with Gasteiger partial charge in [-0.3, -0.25) is 0 Å². The second kappa shape index (κ2) is 6.14. The molecule has 2 heterocycles. The molecule has 1 aliphatic heterocycles. The molecule has 116 valence electrons. The van der Waals surface area contributed by atoms with E-state index < -0.39 is 0 Å². The van der Waals surface area contributed by atoms with Crippen LogP contribution in [-0.2, 0) is 6.54 Å². The average molecular weight is 288 g/mol. The fraction of sp³-hybridized carbons (Fsp3) is 0.647. The molecule has 0 saturated carbocycles. The smallest absolute Gasteiger partial charge is 0.131 e. The third kappa shape index (κ3) is 3.62. The van der Waals surface area contributed by atoms with Crippen LogP contribution < -0.4 is 10.6 Å². The normalized spacial score (nSPS) is 16.3. The molecular weight excluding hydrogens is 260 g/mol. The summed E-state index contributed by atoms with van der Waals surface area (Å²) < 4.78 is 0. The van der Waals surface area contributed by atoms with Crippen molar-refractivity contribution >= 4 is 5.69 Å². The highest BCUT2D eigenvalue weighted by molar-refractivity contribution is 5.51. The first-order valence-electron chi connectivity index (χ1n) is 7.83. The molecule has 0 spiro atoms. The first kappa shape index (κ1) is 16.0. The molecule has 4 heteroatoms. The predicted octanol–water partition coefficient (Wildman–Crippen LogP) is 3.24. The van der Waals surface area contributed by atoms with E-state index in [0.717, 1.165) is 36.7 Å². The van der Waals surface area contributed by atoms with E-state index in [9.17, 15) is 0 Å². The minimum atomic E-state index is 0.265. The quantitative estimate of drug-likeness (QED) is 0.868. The van der Waals surface area contributed by atoms with E-state index in [1.807, 2.05) is 6.20 Å². The first-order chi connectivity index (χ1) is 9.82. The van der Waals surface area contributed by atoms with Crippen molar-refractivity contribution in [3.63, 3.8) is 0 Å². The molecule has 0 radical (unpaired) electrons. The summed E-state index contributed by atoms with van der Waals surface area (Å²) in [4.78, 5) is 11.5. The Hall–Kier alpha value is -1.42. The van der Waals surface area contributed by atoms with Crippen molar-refractivity contribution < 1.29 is 0 Å². The largest absolute Gasteiger partial charge is 0.365 e. The lowest BCUT2D eigenvalue weighted by Crippen LogP contribution is -2.32. The van der Waals surface area contributed by atoms with Gasteiger partial charge in [0, 0.05) is 25.6 Å². The fourth-order valence-electron chi connectivity index (χ4n) is 2.69. The molecule has 2 rings (SSSR count). The monoisotopic (exact) mass is 288 g/mol. The van der Waals surface area contributed by atoms with Crippen molar-refractivity contribution in [1.82, 2.24) is 9.97 Å². The number of nitrogens with zero attached hydrogens (tertiary/aromatic N) is 3. The van der Waals surface area contributed by atoms with Gasteiger partial charge in [-0.25, -0.2) is 9.97 Å². The van der Waals surface area contributed by atoms with E-state index in [-0.39, 0.29) is 5.41 Å². The molecule has 1 aromatic heterocycles. The molecular formula is C17H28N4. The first-order valence-corrected chi connectivity index (χ1v) is 7.83. The molecule has 1 aromatic rings. The fourth-order valence-corrected chi connectivity index (χ4v) is 2.69. The Morgan fingerprint density at radius 3 is 2.52 bits per heavy atom. The van der Waals surface area contributed by atoms with E-state index in [1.165, 1.54) is 5.57 Å². The molecule has 0 aromatic carbocycles. The molecule has 4 nitrogen and oxygen atoms in total. The van der Waals surface area contributed by atoms with Crippen LogP contribution in [0.4, 0.5) is 5.69 Å². The van der Waals surface area contributed by atoms with E-state index in [1.54, 1.807) is 0 Å². The maximum atomic E-state index is 5.89. The number of hydrogen-bond acceptors (Lipinski definition) is 4. The molecule has 0 atom stereocenters. The summed E-state index contributed by atoms with van der Waals surface area (Å²) in [7, 11) is 0. The molecule has 0 fully saturated rings. The summed E-state index contributed by atoms with van der Waals surface area (Å²) in [6, 6.07) is 0. The minimum absolute atomic E-state index is 0.265. The van der Waals surface area contributed by atoms with Gasteiger partial charge in [-0.2, -0.15) is 0 Å². The zero-order chi connectivity index (χ0) is 15.6. The standard InChI is InChI=1S/C17H28N4/c1-12(2)16-19-11-15(14(10-18)20-16)21-8-6-13(7-9-21)17(3,4)5/h6,11-12H,7-10,18H2,1-5H3. The van der Waals surface area contributed by atoms with Gasteiger partial charge < -0.3 is 10.6 Å². The maximum absolute atomic E-state index is 5.89. The van der Waals surface area contributed by atoms with Crippen LogP contribution in [0.25, 0.3) is 0 Å². The summed E-state index contributed by atoms with van der Waals surface area (Å²) in [5.41, 5.74) is 9.74. The van der Waals surface area contributed by atoms with Gasteiger partial charge in [0.05, 0.1) is 17.6 Å². The lowest BCUT2D eigenvalue weighted by Gasteiger charge is -2.34. The van der Waals surface area contributed by atoms with Crippen molar-refractivity contribution in [3.8, 4) is 0 Å². The van der Waals surface area contributed by atoms with Gasteiger partial charge in [0.2, 0.25) is 0 Å². The Balaban J connectivity index is 2.22. The van der Waals surface area contributed by atoms with Gasteiger partial charge in [0.15, 0.2) is 0 Å². The molecule has 0 saturated heterocycles. The van der Waals surface area contributed by atoms with Crippen LogP contribution in [0, 0.1) is 5.41 Å². The van der Waals surface area contributed by atoms with Gasteiger partial charge in [-0.15, -0.1) is 0 Å². The van der Waals surface area contributed by atoms with Crippen LogP contribution in [-0.4, -0.2) is 23.1 Å². The van der Waals surface area contributed by atoms with Crippen LogP contribution in [0.15, 0.2) is 17.8 Å². The molecule has 21 heavy (non-hydrogen) atoms. The van der Waals surface area contributed by atoms with Crippen LogP contribution >= 0.6 is 0 Å². The van der Waals surface area contributed by atoms with E-state index >= 15 is 0 Å². The Morgan fingerprint density at radius 1 is 1.33 bits per heavy atom. The predicted molar refractivity (Wildman–Crippen MR) is 88.4 cm³/mol. The third-order valence-electron chi connectivity index (χ3n) is 4.09. The van der Waals surface area contributed by atoms with Gasteiger partial charge in [-0.1, -0.05) is 46.3 Å². The molecule has 0 aliphatic carbocycles. The average Bonchev–Trinajstić information content (AvgIpc) is 2.45. The van der Waals surface area contributed by atoms with Crippen molar-refractivity contribution in [1.29, 1.82) is 0 Å². The number of aromatic nitrogens is 2. The molecule has 1 aliphatic rings. The Kier molecular flexibility index (Phi) is 4.67. The van der Waals surface area contributed by atoms with Crippen molar-refractivity contribution in [3.05, 3.63) is 29.4 Å². The lowest BCUT2D eigenvalue weighted by atomic mass is 9.83. The summed E-state index contributed by atoms with van der Waals surface area (Å²) in [6.07, 6.45) is 5.39. The van der Waals surface area contributed by atoms with Gasteiger partial charge in [-0.05, 0) is 11.8 Å². The number of anilines is 1. The Bertz CT molecular complexity index is 526. The van der Waals surface area contributed by atoms with Gasteiger partial charge in [0.25, 0.3) is 0 Å². The maximum Gasteiger partial charge on any atom is 0.131 e. The molecule has 0 bridgehead atoms. The highest BCUT2D eigenvalue weighted by atomic mass is 15.2. The summed E-state index contributed by atoms with van der Waals surface area (Å²) in [5.74, 6) is 1.21. The van der Waals surface area contributed by atoms with Crippen molar-refractivity contribution in [2.75, 3.05) is 18.0 Å². The van der Waals surface area contributed by atoms with Crippen LogP contribution in [0.3, 0.4) is 0 Å². The minimum Gasteiger partial charge on any atom is -0.365 e. The highest BCUT2D eigenvalue weighted by Gasteiger charge is 2.23. The number of hydrogen-bond donors (Lipinski definition) is 1. The van der Waals surface area contributed by atoms with Crippen LogP contribution in [0.2, 0.25) is 0 Å². The molecule has 0 unspecified atom stereocenters. The summed E-state index contributed by atoms with van der Waals surface area (Å²) in [5, 5.41) is 0. The number of nitrogens with two attached hydrogens (primary N) is 1. The highest BCUT2D eigenvalue weighted by Crippen LogP contribution is 2.32. The Morgan fingerprint density at radius 2 is 2.05 bits per heavy atom. The lowest BCUT2D eigenvalue weighted by molar-refractivity contribution is 0.472. The second-order valence-corrected chi connectivity index (χ2v) is 7.09. The van der Waals surface area contributed by atoms with E-state index in [0.29, 0.717) is 12.5 Å². The zero-order valence-corrected chi connectivity index (χ0v) is 14.0. The topological polar surface area (TPSA) is 55.0 Å². The SMILES string of the molecule is CC(C)c1ncc(N2CC=C(C(C)(C)C)CC2)c(CN)n1. The summed E-state index contributed by atoms with van der Waals surface area (Å²) in [6.45, 7) is 13.4. The van der Waals surface area contributed by atoms with Crippen molar-refractivity contribution in [2.45, 2.75) is 53.5 Å². The second-order valence-electron chi connectivity index (χ2n) is 7.09. The van der Waals surface area contributed by atoms with Crippen molar-refractivity contribution in [2.24, 2.45) is 11.1 Å². The van der Waals surface area contributed by atoms with Gasteiger partial charge >= 0.3 is 0 Å². The molecule has 0 amide bonds. The Labute approximate surface area is 128 Å². The zero-order valence-electron chi connectivity index (χ0n) is 14.0. The summed E-state index contributed by atoms with van der Waals surface area (Å²) >= 11 is 0. The number of rotatable bonds is 3. The van der Waals surface area contributed by atoms with Crippen LogP contribution in [0.5, 0.6) is 0 Å².